The molecule has 23 heteroatoms. The van der Waals surface area contributed by atoms with Crippen LogP contribution in [0.15, 0.2) is 12.7 Å². The standard InChI is InChI=1S/C10H16N5O13P3.CH4.2Na/c11-8-5-9(13-2-12-8)15(3-14-5)10-7(17)6(16)4(26-10)1-25-30(21,22)28-31(23,24)27-29(18,19)20;;;/h2-4,6-7,10,16-17H,1H2,(H,21,22)(H,23,24)(H2,11,12,13)(H2,18,19,20);1H4;;/q;;2*+1/p-2/t4-,6?,7+,10-;;;/m1.../s1. The van der Waals surface area contributed by atoms with Crippen LogP contribution >= 0.6 is 23.5 Å². The molecule has 1 fully saturated rings. The number of rotatable bonds is 8. The molecule has 4 unspecified atom stereocenters. The maximum Gasteiger partial charge on any atom is 1.00 e. The molecule has 7 atom stereocenters. The summed E-state index contributed by atoms with van der Waals surface area (Å²) in [6.45, 7) is -1.000. The number of fused-ring (bicyclic) bond motifs is 1. The first-order valence-electron chi connectivity index (χ1n) is 7.88. The number of aliphatic hydroxyl groups is 2. The summed E-state index contributed by atoms with van der Waals surface area (Å²) in [4.78, 5) is 51.0. The van der Waals surface area contributed by atoms with Crippen LogP contribution in [-0.4, -0.2) is 64.4 Å². The van der Waals surface area contributed by atoms with Crippen molar-refractivity contribution >= 4 is 40.4 Å². The van der Waals surface area contributed by atoms with Gasteiger partial charge in [-0.05, 0) is 0 Å². The van der Waals surface area contributed by atoms with E-state index in [4.69, 9.17) is 15.4 Å². The molecule has 3 heterocycles. The first-order chi connectivity index (χ1) is 14.2. The Balaban J connectivity index is 0.00000363. The number of nitrogens with zero attached hydrogens (tertiary/aromatic N) is 4. The summed E-state index contributed by atoms with van der Waals surface area (Å²) in [5, 5.41) is 20.4. The summed E-state index contributed by atoms with van der Waals surface area (Å²) in [7, 11) is -17.4. The summed E-state index contributed by atoms with van der Waals surface area (Å²) in [6, 6.07) is 0. The largest absolute Gasteiger partial charge is 1.00 e. The molecule has 3 rings (SSSR count). The van der Waals surface area contributed by atoms with Gasteiger partial charge in [0.2, 0.25) is 0 Å². The Morgan fingerprint density at radius 2 is 1.71 bits per heavy atom. The molecule has 34 heavy (non-hydrogen) atoms. The number of nitrogen functional groups attached to an aromatic ring is 1. The quantitative estimate of drug-likeness (QED) is 0.146. The predicted molar refractivity (Wildman–Crippen MR) is 97.8 cm³/mol. The van der Waals surface area contributed by atoms with E-state index >= 15 is 0 Å². The number of ether oxygens (including phenoxy) is 1. The van der Waals surface area contributed by atoms with E-state index in [-0.39, 0.29) is 83.5 Å². The predicted octanol–water partition coefficient (Wildman–Crippen LogP) is -8.25. The Morgan fingerprint density at radius 1 is 1.09 bits per heavy atom. The fourth-order valence-electron chi connectivity index (χ4n) is 2.61. The van der Waals surface area contributed by atoms with Gasteiger partial charge in [-0.25, -0.2) is 28.1 Å². The number of hydrogen-bond donors (Lipinski definition) is 5. The SMILES string of the molecule is C.Nc1ncnc2c1ncn2[C@@H]1O[C@H](COP(=O)(O)OP(=O)([O-])OP(=O)([O-])O)C(O)[C@@H]1O.[Na+].[Na+]. The van der Waals surface area contributed by atoms with E-state index in [1.165, 1.54) is 10.9 Å². The first-order valence-corrected chi connectivity index (χ1v) is 12.3. The zero-order chi connectivity index (χ0) is 23.2. The van der Waals surface area contributed by atoms with Crippen LogP contribution in [0.2, 0.25) is 0 Å². The molecule has 0 spiro atoms. The molecular formula is C11H18N5Na2O13P3. The average molecular weight is 567 g/mol. The molecule has 1 aliphatic heterocycles. The van der Waals surface area contributed by atoms with Crippen LogP contribution in [0.25, 0.3) is 11.2 Å². The molecule has 0 bridgehead atoms. The summed E-state index contributed by atoms with van der Waals surface area (Å²) in [5.41, 5.74) is 5.97. The van der Waals surface area contributed by atoms with E-state index in [1.54, 1.807) is 0 Å². The second kappa shape index (κ2) is 12.9. The van der Waals surface area contributed by atoms with Gasteiger partial charge in [0.05, 0.1) is 12.9 Å². The molecule has 18 nitrogen and oxygen atoms in total. The van der Waals surface area contributed by atoms with E-state index in [2.05, 4.69) is 28.1 Å². The number of aromatic nitrogens is 4. The monoisotopic (exact) mass is 567 g/mol. The molecule has 1 aliphatic rings. The number of imidazole rings is 1. The van der Waals surface area contributed by atoms with Gasteiger partial charge in [0, 0.05) is 0 Å². The molecule has 6 N–H and O–H groups in total. The smallest absolute Gasteiger partial charge is 0.756 e. The van der Waals surface area contributed by atoms with Crippen molar-refractivity contribution in [1.29, 1.82) is 0 Å². The molecule has 2 aromatic rings. The maximum absolute atomic E-state index is 11.7. The van der Waals surface area contributed by atoms with Gasteiger partial charge >= 0.3 is 66.9 Å². The molecule has 0 saturated carbocycles. The van der Waals surface area contributed by atoms with Gasteiger partial charge in [-0.15, -0.1) is 0 Å². The van der Waals surface area contributed by atoms with E-state index < -0.39 is 54.6 Å². The third kappa shape index (κ3) is 8.60. The van der Waals surface area contributed by atoms with E-state index in [0.29, 0.717) is 0 Å². The zero-order valence-corrected chi connectivity index (χ0v) is 23.5. The molecule has 0 aromatic carbocycles. The fourth-order valence-corrected chi connectivity index (χ4v) is 5.55. The first kappa shape index (κ1) is 34.6. The molecule has 1 saturated heterocycles. The van der Waals surface area contributed by atoms with Crippen molar-refractivity contribution in [3.05, 3.63) is 12.7 Å². The van der Waals surface area contributed by atoms with Gasteiger partial charge in [-0.2, -0.15) is 0 Å². The minimum atomic E-state index is -6.01. The zero-order valence-electron chi connectivity index (χ0n) is 16.8. The third-order valence-electron chi connectivity index (χ3n) is 3.81. The topological polar surface area (TPSA) is 285 Å². The van der Waals surface area contributed by atoms with Crippen LogP contribution in [0.1, 0.15) is 13.7 Å². The maximum atomic E-state index is 11.7. The number of hydrogen-bond acceptors (Lipinski definition) is 15. The van der Waals surface area contributed by atoms with Gasteiger partial charge in [0.15, 0.2) is 17.7 Å². The summed E-state index contributed by atoms with van der Waals surface area (Å²) in [5.74, 6) is 0.0322. The van der Waals surface area contributed by atoms with Crippen molar-refractivity contribution in [1.82, 2.24) is 19.5 Å². The Labute approximate surface area is 235 Å². The van der Waals surface area contributed by atoms with Crippen LogP contribution in [0, 0.1) is 0 Å². The second-order valence-corrected chi connectivity index (χ2v) is 10.3. The second-order valence-electron chi connectivity index (χ2n) is 5.97. The average Bonchev–Trinajstić information content (AvgIpc) is 3.13. The minimum absolute atomic E-state index is 0. The Kier molecular flexibility index (Phi) is 13.2. The van der Waals surface area contributed by atoms with Crippen LogP contribution in [-0.2, 0) is 31.6 Å². The molecule has 0 amide bonds. The summed E-state index contributed by atoms with van der Waals surface area (Å²) in [6.07, 6.45) is -3.81. The van der Waals surface area contributed by atoms with Gasteiger partial charge < -0.3 is 40.3 Å². The van der Waals surface area contributed by atoms with Crippen molar-refractivity contribution in [2.75, 3.05) is 12.3 Å². The van der Waals surface area contributed by atoms with E-state index in [1.807, 2.05) is 0 Å². The molecular weight excluding hydrogens is 549 g/mol. The van der Waals surface area contributed by atoms with Crippen molar-refractivity contribution < 1.29 is 120 Å². The Bertz CT molecular complexity index is 1120. The van der Waals surface area contributed by atoms with Crippen molar-refractivity contribution in [3.8, 4) is 0 Å². The van der Waals surface area contributed by atoms with Gasteiger partial charge in [-0.1, -0.05) is 7.43 Å². The summed E-state index contributed by atoms with van der Waals surface area (Å²) < 4.78 is 51.0. The van der Waals surface area contributed by atoms with E-state index in [0.717, 1.165) is 6.33 Å². The minimum Gasteiger partial charge on any atom is -0.756 e. The molecule has 0 aliphatic carbocycles. The van der Waals surface area contributed by atoms with Crippen molar-refractivity contribution in [2.45, 2.75) is 32.0 Å². The third-order valence-corrected chi connectivity index (χ3v) is 7.53. The number of nitrogens with two attached hydrogens (primary N) is 1. The van der Waals surface area contributed by atoms with Crippen LogP contribution < -0.4 is 74.6 Å². The normalized spacial score (nSPS) is 27.4. The van der Waals surface area contributed by atoms with Crippen LogP contribution in [0.5, 0.6) is 0 Å². The Hall–Kier alpha value is 0.640. The van der Waals surface area contributed by atoms with Gasteiger partial charge in [0.25, 0.3) is 15.6 Å². The van der Waals surface area contributed by atoms with Crippen LogP contribution in [0.4, 0.5) is 5.82 Å². The van der Waals surface area contributed by atoms with Crippen LogP contribution in [0.3, 0.4) is 0 Å². The number of anilines is 1. The van der Waals surface area contributed by atoms with E-state index in [9.17, 15) is 38.6 Å². The number of phosphoric ester groups is 1. The summed E-state index contributed by atoms with van der Waals surface area (Å²) >= 11 is 0. The Morgan fingerprint density at radius 3 is 2.29 bits per heavy atom. The number of phosphoric acid groups is 3. The fraction of sp³-hybridized carbons (Fsp3) is 0.545. The molecule has 0 radical (unpaired) electrons. The van der Waals surface area contributed by atoms with Gasteiger partial charge in [-0.3, -0.25) is 18.2 Å². The van der Waals surface area contributed by atoms with Crippen molar-refractivity contribution in [2.24, 2.45) is 0 Å². The van der Waals surface area contributed by atoms with Crippen molar-refractivity contribution in [3.63, 3.8) is 0 Å². The van der Waals surface area contributed by atoms with Gasteiger partial charge in [0.1, 0.15) is 30.2 Å². The molecule has 182 valence electrons. The number of aliphatic hydroxyl groups excluding tert-OH is 2. The molecule has 2 aromatic heterocycles.